The smallest absolute Gasteiger partial charge is 0.231 e. The first-order chi connectivity index (χ1) is 12.6. The van der Waals surface area contributed by atoms with Crippen LogP contribution in [-0.2, 0) is 6.42 Å². The average Bonchev–Trinajstić information content (AvgIpc) is 3.21. The molecule has 7 heteroatoms. The Balaban J connectivity index is 0.00000261. The topological polar surface area (TPSA) is 58.1 Å². The highest BCUT2D eigenvalue weighted by molar-refractivity contribution is 14.0. The van der Waals surface area contributed by atoms with E-state index < -0.39 is 0 Å². The normalized spacial score (nSPS) is 22.0. The van der Waals surface area contributed by atoms with Crippen LogP contribution in [-0.4, -0.2) is 55.9 Å². The molecule has 1 saturated heterocycles. The fraction of sp³-hybridized carbons (Fsp3) is 0.650. The SMILES string of the molecule is CCNC(=NCCc1ccc2c(c1)OCO2)NC1CN(C(C)C)CC1C.I. The number of ether oxygens (including phenoxy) is 2. The van der Waals surface area contributed by atoms with Gasteiger partial charge in [0, 0.05) is 38.3 Å². The molecule has 152 valence electrons. The molecule has 0 aliphatic carbocycles. The maximum atomic E-state index is 5.45. The van der Waals surface area contributed by atoms with Crippen LogP contribution in [0.15, 0.2) is 23.2 Å². The molecule has 27 heavy (non-hydrogen) atoms. The highest BCUT2D eigenvalue weighted by atomic mass is 127. The minimum atomic E-state index is 0. The predicted molar refractivity (Wildman–Crippen MR) is 120 cm³/mol. The summed E-state index contributed by atoms with van der Waals surface area (Å²) in [5.41, 5.74) is 1.22. The highest BCUT2D eigenvalue weighted by Crippen LogP contribution is 2.32. The molecule has 2 unspecified atom stereocenters. The van der Waals surface area contributed by atoms with E-state index in [1.54, 1.807) is 0 Å². The van der Waals surface area contributed by atoms with Crippen LogP contribution in [0.5, 0.6) is 11.5 Å². The molecule has 2 atom stereocenters. The van der Waals surface area contributed by atoms with E-state index in [4.69, 9.17) is 14.5 Å². The van der Waals surface area contributed by atoms with Crippen LogP contribution >= 0.6 is 24.0 Å². The molecule has 2 N–H and O–H groups in total. The molecule has 0 spiro atoms. The van der Waals surface area contributed by atoms with Gasteiger partial charge < -0.3 is 20.1 Å². The summed E-state index contributed by atoms with van der Waals surface area (Å²) < 4.78 is 10.8. The predicted octanol–water partition coefficient (Wildman–Crippen LogP) is 2.86. The summed E-state index contributed by atoms with van der Waals surface area (Å²) in [6.07, 6.45) is 0.881. The van der Waals surface area contributed by atoms with Gasteiger partial charge in [0.15, 0.2) is 17.5 Å². The van der Waals surface area contributed by atoms with Crippen LogP contribution in [0.3, 0.4) is 0 Å². The van der Waals surface area contributed by atoms with Gasteiger partial charge in [-0.05, 0) is 50.8 Å². The lowest BCUT2D eigenvalue weighted by atomic mass is 10.1. The molecule has 2 aliphatic rings. The molecular formula is C20H33IN4O2. The second-order valence-corrected chi connectivity index (χ2v) is 7.47. The van der Waals surface area contributed by atoms with Gasteiger partial charge in [-0.15, -0.1) is 24.0 Å². The molecular weight excluding hydrogens is 455 g/mol. The Kier molecular flexibility index (Phi) is 8.47. The zero-order valence-electron chi connectivity index (χ0n) is 16.8. The zero-order valence-corrected chi connectivity index (χ0v) is 19.2. The van der Waals surface area contributed by atoms with E-state index in [1.807, 2.05) is 6.07 Å². The molecule has 1 aromatic rings. The second kappa shape index (κ2) is 10.4. The largest absolute Gasteiger partial charge is 0.454 e. The average molecular weight is 488 g/mol. The Morgan fingerprint density at radius 1 is 1.26 bits per heavy atom. The molecule has 6 nitrogen and oxygen atoms in total. The Bertz CT molecular complexity index is 638. The number of nitrogens with one attached hydrogen (secondary N) is 2. The molecule has 0 bridgehead atoms. The van der Waals surface area contributed by atoms with E-state index >= 15 is 0 Å². The van der Waals surface area contributed by atoms with E-state index in [0.29, 0.717) is 24.8 Å². The number of benzene rings is 1. The Labute approximate surface area is 180 Å². The summed E-state index contributed by atoms with van der Waals surface area (Å²) in [5, 5.41) is 7.01. The van der Waals surface area contributed by atoms with Gasteiger partial charge >= 0.3 is 0 Å². The van der Waals surface area contributed by atoms with Crippen molar-refractivity contribution in [1.29, 1.82) is 0 Å². The van der Waals surface area contributed by atoms with Crippen molar-refractivity contribution in [2.45, 2.75) is 46.2 Å². The lowest BCUT2D eigenvalue weighted by molar-refractivity contribution is 0.174. The third kappa shape index (κ3) is 5.88. The Morgan fingerprint density at radius 2 is 2.04 bits per heavy atom. The summed E-state index contributed by atoms with van der Waals surface area (Å²) >= 11 is 0. The van der Waals surface area contributed by atoms with Crippen molar-refractivity contribution in [1.82, 2.24) is 15.5 Å². The standard InChI is InChI=1S/C20H32N4O2.HI/c1-5-21-20(23-17-12-24(14(2)3)11-15(17)4)22-9-8-16-6-7-18-19(10-16)26-13-25-18;/h6-7,10,14-15,17H,5,8-9,11-13H2,1-4H3,(H2,21,22,23);1H. The zero-order chi connectivity index (χ0) is 18.5. The number of guanidine groups is 1. The van der Waals surface area contributed by atoms with Crippen molar-refractivity contribution in [3.05, 3.63) is 23.8 Å². The molecule has 0 amide bonds. The number of hydrogen-bond donors (Lipinski definition) is 2. The molecule has 0 radical (unpaired) electrons. The summed E-state index contributed by atoms with van der Waals surface area (Å²) in [7, 11) is 0. The van der Waals surface area contributed by atoms with Gasteiger partial charge in [0.2, 0.25) is 6.79 Å². The number of fused-ring (bicyclic) bond motifs is 1. The van der Waals surface area contributed by atoms with Crippen LogP contribution < -0.4 is 20.1 Å². The quantitative estimate of drug-likeness (QED) is 0.367. The van der Waals surface area contributed by atoms with Gasteiger partial charge in [-0.3, -0.25) is 9.89 Å². The lowest BCUT2D eigenvalue weighted by Gasteiger charge is -2.22. The van der Waals surface area contributed by atoms with E-state index in [-0.39, 0.29) is 24.0 Å². The van der Waals surface area contributed by atoms with Gasteiger partial charge in [-0.2, -0.15) is 0 Å². The van der Waals surface area contributed by atoms with Crippen molar-refractivity contribution in [2.24, 2.45) is 10.9 Å². The maximum Gasteiger partial charge on any atom is 0.231 e. The summed E-state index contributed by atoms with van der Waals surface area (Å²) in [6, 6.07) is 7.15. The summed E-state index contributed by atoms with van der Waals surface area (Å²) in [6.45, 7) is 13.1. The van der Waals surface area contributed by atoms with Crippen molar-refractivity contribution < 1.29 is 9.47 Å². The van der Waals surface area contributed by atoms with Gasteiger partial charge in [-0.25, -0.2) is 0 Å². The van der Waals surface area contributed by atoms with Gasteiger partial charge in [0.05, 0.1) is 0 Å². The van der Waals surface area contributed by atoms with Crippen molar-refractivity contribution in [3.63, 3.8) is 0 Å². The van der Waals surface area contributed by atoms with E-state index in [1.165, 1.54) is 5.56 Å². The minimum Gasteiger partial charge on any atom is -0.454 e. The number of nitrogens with zero attached hydrogens (tertiary/aromatic N) is 2. The third-order valence-electron chi connectivity index (χ3n) is 5.14. The van der Waals surface area contributed by atoms with Crippen LogP contribution in [0.1, 0.15) is 33.3 Å². The van der Waals surface area contributed by atoms with Crippen molar-refractivity contribution >= 4 is 29.9 Å². The van der Waals surface area contributed by atoms with Crippen molar-refractivity contribution in [3.8, 4) is 11.5 Å². The number of hydrogen-bond acceptors (Lipinski definition) is 4. The number of aliphatic imine (C=N–C) groups is 1. The monoisotopic (exact) mass is 488 g/mol. The fourth-order valence-electron chi connectivity index (χ4n) is 3.50. The number of rotatable bonds is 6. The highest BCUT2D eigenvalue weighted by Gasteiger charge is 2.31. The Morgan fingerprint density at radius 3 is 2.74 bits per heavy atom. The molecule has 1 aromatic carbocycles. The summed E-state index contributed by atoms with van der Waals surface area (Å²) in [5.74, 6) is 3.20. The van der Waals surface area contributed by atoms with E-state index in [9.17, 15) is 0 Å². The van der Waals surface area contributed by atoms with Gasteiger partial charge in [-0.1, -0.05) is 13.0 Å². The fourth-order valence-corrected chi connectivity index (χ4v) is 3.50. The molecule has 1 fully saturated rings. The number of likely N-dealkylation sites (tertiary alicyclic amines) is 1. The maximum absolute atomic E-state index is 5.45. The number of halogens is 1. The summed E-state index contributed by atoms with van der Waals surface area (Å²) in [4.78, 5) is 7.30. The first-order valence-corrected chi connectivity index (χ1v) is 9.74. The molecule has 3 rings (SSSR count). The molecule has 2 aliphatic heterocycles. The van der Waals surface area contributed by atoms with E-state index in [0.717, 1.165) is 50.1 Å². The van der Waals surface area contributed by atoms with Crippen molar-refractivity contribution in [2.75, 3.05) is 33.0 Å². The first-order valence-electron chi connectivity index (χ1n) is 9.74. The Hall–Kier alpha value is -1.22. The van der Waals surface area contributed by atoms with Crippen LogP contribution in [0.25, 0.3) is 0 Å². The van der Waals surface area contributed by atoms with Gasteiger partial charge in [0.1, 0.15) is 0 Å². The first kappa shape index (κ1) is 22.1. The van der Waals surface area contributed by atoms with Crippen LogP contribution in [0.2, 0.25) is 0 Å². The molecule has 0 aromatic heterocycles. The molecule has 2 heterocycles. The van der Waals surface area contributed by atoms with Gasteiger partial charge in [0.25, 0.3) is 0 Å². The third-order valence-corrected chi connectivity index (χ3v) is 5.14. The van der Waals surface area contributed by atoms with E-state index in [2.05, 4.69) is 55.4 Å². The second-order valence-electron chi connectivity index (χ2n) is 7.47. The minimum absolute atomic E-state index is 0. The lowest BCUT2D eigenvalue weighted by Crippen LogP contribution is -2.46. The van der Waals surface area contributed by atoms with Crippen LogP contribution in [0.4, 0.5) is 0 Å². The molecule has 0 saturated carbocycles. The van der Waals surface area contributed by atoms with Crippen LogP contribution in [0, 0.1) is 5.92 Å².